The maximum atomic E-state index is 14.4. The van der Waals surface area contributed by atoms with Gasteiger partial charge in [-0.3, -0.25) is 19.2 Å². The Balaban J connectivity index is 1.46. The van der Waals surface area contributed by atoms with Crippen LogP contribution < -0.4 is 26.0 Å². The molecule has 3 aromatic rings. The van der Waals surface area contributed by atoms with Crippen LogP contribution in [0.15, 0.2) is 42.5 Å². The summed E-state index contributed by atoms with van der Waals surface area (Å²) in [6.45, 7) is 10.9. The number of fused-ring (bicyclic) bond motifs is 1. The van der Waals surface area contributed by atoms with Crippen LogP contribution in [0.3, 0.4) is 0 Å². The molecule has 1 aromatic heterocycles. The van der Waals surface area contributed by atoms with Crippen LogP contribution in [0.4, 0.5) is 10.1 Å². The monoisotopic (exact) mass is 646 g/mol. The van der Waals surface area contributed by atoms with Crippen molar-refractivity contribution >= 4 is 41.0 Å². The van der Waals surface area contributed by atoms with Crippen LogP contribution in [-0.2, 0) is 20.9 Å². The van der Waals surface area contributed by atoms with Gasteiger partial charge in [-0.25, -0.2) is 9.29 Å². The van der Waals surface area contributed by atoms with Crippen LogP contribution in [0, 0.1) is 19.7 Å². The van der Waals surface area contributed by atoms with Gasteiger partial charge in [-0.1, -0.05) is 26.0 Å². The number of halogens is 1. The van der Waals surface area contributed by atoms with E-state index in [-0.39, 0.29) is 42.1 Å². The maximum Gasteiger partial charge on any atom is 0.265 e. The van der Waals surface area contributed by atoms with E-state index in [2.05, 4.69) is 34.4 Å². The molecule has 0 spiro atoms. The smallest absolute Gasteiger partial charge is 0.265 e. The quantitative estimate of drug-likeness (QED) is 0.195. The van der Waals surface area contributed by atoms with Gasteiger partial charge in [-0.05, 0) is 80.9 Å². The topological polar surface area (TPSA) is 150 Å². The van der Waals surface area contributed by atoms with Gasteiger partial charge in [-0.15, -0.1) is 0 Å². The lowest BCUT2D eigenvalue weighted by atomic mass is 10.0. The molecule has 2 aromatic carbocycles. The molecule has 0 bridgehead atoms. The van der Waals surface area contributed by atoms with Gasteiger partial charge >= 0.3 is 0 Å². The van der Waals surface area contributed by atoms with Crippen LogP contribution in [-0.4, -0.2) is 72.8 Å². The average Bonchev–Trinajstić information content (AvgIpc) is 3.50. The Bertz CT molecular complexity index is 1660. The van der Waals surface area contributed by atoms with Crippen LogP contribution >= 0.6 is 0 Å². The highest BCUT2D eigenvalue weighted by Gasteiger charge is 2.37. The molecule has 250 valence electrons. The van der Waals surface area contributed by atoms with Gasteiger partial charge in [0.15, 0.2) is 0 Å². The highest BCUT2D eigenvalue weighted by molar-refractivity contribution is 6.42. The summed E-state index contributed by atoms with van der Waals surface area (Å²) < 4.78 is 19.5. The Hall–Kier alpha value is -4.81. The van der Waals surface area contributed by atoms with Crippen molar-refractivity contribution in [2.75, 3.05) is 38.2 Å². The molecule has 1 aliphatic rings. The van der Waals surface area contributed by atoms with E-state index in [1.54, 1.807) is 39.2 Å². The number of imide groups is 1. The molecule has 11 nitrogen and oxygen atoms in total. The van der Waals surface area contributed by atoms with E-state index in [0.717, 1.165) is 30.1 Å². The minimum atomic E-state index is -0.987. The van der Waals surface area contributed by atoms with Gasteiger partial charge in [-0.2, -0.15) is 0 Å². The molecule has 1 atom stereocenters. The molecular formula is C35H43FN6O5. The third-order valence-electron chi connectivity index (χ3n) is 8.40. The number of benzene rings is 2. The number of ether oxygens (including phenoxy) is 1. The van der Waals surface area contributed by atoms with E-state index in [1.165, 1.54) is 18.2 Å². The highest BCUT2D eigenvalue weighted by atomic mass is 19.1. The number of nitrogens with zero attached hydrogens (tertiary/aromatic N) is 2. The van der Waals surface area contributed by atoms with Crippen LogP contribution in [0.1, 0.15) is 65.1 Å². The molecule has 0 saturated heterocycles. The van der Waals surface area contributed by atoms with Crippen molar-refractivity contribution in [2.24, 2.45) is 5.73 Å². The zero-order valence-corrected chi connectivity index (χ0v) is 27.5. The Morgan fingerprint density at radius 1 is 1.09 bits per heavy atom. The number of H-pyrrole nitrogens is 1. The number of anilines is 1. The molecule has 0 saturated carbocycles. The first kappa shape index (κ1) is 35.1. The number of hydrogen-bond acceptors (Lipinski definition) is 7. The Morgan fingerprint density at radius 3 is 2.45 bits per heavy atom. The van der Waals surface area contributed by atoms with Gasteiger partial charge in [0.25, 0.3) is 11.8 Å². The molecule has 2 heterocycles. The second-order valence-electron chi connectivity index (χ2n) is 11.4. The highest BCUT2D eigenvalue weighted by Crippen LogP contribution is 2.39. The fraction of sp³-hybridized carbons (Fsp3) is 0.371. The summed E-state index contributed by atoms with van der Waals surface area (Å²) in [5.74, 6) is -1.75. The molecule has 4 amide bonds. The van der Waals surface area contributed by atoms with E-state index >= 15 is 0 Å². The summed E-state index contributed by atoms with van der Waals surface area (Å²) in [5, 5.41) is 5.71. The Labute approximate surface area is 274 Å². The summed E-state index contributed by atoms with van der Waals surface area (Å²) in [7, 11) is 1.57. The van der Waals surface area contributed by atoms with Gasteiger partial charge in [0.1, 0.15) is 11.6 Å². The zero-order chi connectivity index (χ0) is 34.2. The second-order valence-corrected chi connectivity index (χ2v) is 11.4. The molecule has 47 heavy (non-hydrogen) atoms. The van der Waals surface area contributed by atoms with Gasteiger partial charge in [0.05, 0.1) is 30.0 Å². The predicted molar refractivity (Wildman–Crippen MR) is 179 cm³/mol. The molecule has 0 unspecified atom stereocenters. The standard InChI is InChI=1S/C35H43FN6O5/c1-6-41(7-2)17-16-38-34(45)32-21(3)29(40-22(32)4)19-27-26-18-24(36)10-14-30(26)42(35(27)46)31(43)15-13-28(37)33(44)39-20-23-8-11-25(47-5)12-9-23/h8-12,14,18-19,28,40H,6-7,13,15-17,20,37H2,1-5H3,(H,38,45)(H,39,44)/b27-19-/t28-/m0/s1. The number of aryl methyl sites for hydroxylation is 1. The number of carbonyl (C=O) groups excluding carboxylic acids is 4. The van der Waals surface area contributed by atoms with Crippen molar-refractivity contribution in [3.8, 4) is 5.75 Å². The first-order valence-corrected chi connectivity index (χ1v) is 15.7. The van der Waals surface area contributed by atoms with Crippen LogP contribution in [0.25, 0.3) is 11.6 Å². The molecule has 0 radical (unpaired) electrons. The number of amides is 4. The minimum Gasteiger partial charge on any atom is -0.497 e. The first-order valence-electron chi connectivity index (χ1n) is 15.7. The zero-order valence-electron chi connectivity index (χ0n) is 27.5. The third-order valence-corrected chi connectivity index (χ3v) is 8.40. The number of aromatic amines is 1. The van der Waals surface area contributed by atoms with Crippen molar-refractivity contribution in [3.63, 3.8) is 0 Å². The second kappa shape index (κ2) is 15.7. The van der Waals surface area contributed by atoms with Crippen molar-refractivity contribution in [1.29, 1.82) is 0 Å². The van der Waals surface area contributed by atoms with Crippen molar-refractivity contribution in [2.45, 2.75) is 53.1 Å². The summed E-state index contributed by atoms with van der Waals surface area (Å²) in [4.78, 5) is 59.2. The van der Waals surface area contributed by atoms with E-state index in [4.69, 9.17) is 10.5 Å². The number of likely N-dealkylation sites (N-methyl/N-ethyl adjacent to an activating group) is 1. The van der Waals surface area contributed by atoms with E-state index in [9.17, 15) is 23.6 Å². The minimum absolute atomic E-state index is 0.00565. The van der Waals surface area contributed by atoms with Gasteiger partial charge in [0, 0.05) is 43.0 Å². The fourth-order valence-electron chi connectivity index (χ4n) is 5.60. The number of nitrogens with one attached hydrogen (secondary N) is 3. The third kappa shape index (κ3) is 8.13. The summed E-state index contributed by atoms with van der Waals surface area (Å²) in [5.41, 5.74) is 9.73. The number of rotatable bonds is 14. The predicted octanol–water partition coefficient (Wildman–Crippen LogP) is 3.69. The molecule has 4 rings (SSSR count). The first-order chi connectivity index (χ1) is 22.5. The molecule has 5 N–H and O–H groups in total. The molecular weight excluding hydrogens is 603 g/mol. The average molecular weight is 647 g/mol. The number of nitrogens with two attached hydrogens (primary N) is 1. The SMILES string of the molecule is CCN(CC)CCNC(=O)c1c(C)[nH]c(/C=C2\C(=O)N(C(=O)CC[C@H](N)C(=O)NCc3ccc(OC)cc3)c3ccc(F)cc32)c1C. The van der Waals surface area contributed by atoms with Gasteiger partial charge in [0.2, 0.25) is 11.8 Å². The lowest BCUT2D eigenvalue weighted by Crippen LogP contribution is -2.41. The summed E-state index contributed by atoms with van der Waals surface area (Å²) in [6, 6.07) is 9.97. The van der Waals surface area contributed by atoms with Crippen molar-refractivity contribution < 1.29 is 28.3 Å². The molecule has 0 fully saturated rings. The lowest BCUT2D eigenvalue weighted by molar-refractivity contribution is -0.124. The van der Waals surface area contributed by atoms with Crippen LogP contribution in [0.5, 0.6) is 5.75 Å². The number of methoxy groups -OCH3 is 1. The fourth-order valence-corrected chi connectivity index (χ4v) is 5.60. The lowest BCUT2D eigenvalue weighted by Gasteiger charge is -2.18. The Morgan fingerprint density at radius 2 is 1.79 bits per heavy atom. The van der Waals surface area contributed by atoms with Crippen LogP contribution in [0.2, 0.25) is 0 Å². The van der Waals surface area contributed by atoms with E-state index in [1.807, 2.05) is 12.1 Å². The summed E-state index contributed by atoms with van der Waals surface area (Å²) >= 11 is 0. The number of carbonyl (C=O) groups is 4. The van der Waals surface area contributed by atoms with Gasteiger partial charge < -0.3 is 31.0 Å². The molecule has 12 heteroatoms. The largest absolute Gasteiger partial charge is 0.497 e. The molecule has 1 aliphatic heterocycles. The normalized spacial score (nSPS) is 14.0. The summed E-state index contributed by atoms with van der Waals surface area (Å²) in [6.07, 6.45) is 1.35. The van der Waals surface area contributed by atoms with Crippen molar-refractivity contribution in [1.82, 2.24) is 20.5 Å². The number of aromatic nitrogens is 1. The molecule has 0 aliphatic carbocycles. The Kier molecular flexibility index (Phi) is 11.7. The van der Waals surface area contributed by atoms with E-state index < -0.39 is 29.6 Å². The van der Waals surface area contributed by atoms with E-state index in [0.29, 0.717) is 34.8 Å². The maximum absolute atomic E-state index is 14.4. The number of hydrogen-bond donors (Lipinski definition) is 4. The van der Waals surface area contributed by atoms with Crippen molar-refractivity contribution in [3.05, 3.63) is 81.9 Å².